The lowest BCUT2D eigenvalue weighted by molar-refractivity contribution is -0.253. The third-order valence-electron chi connectivity index (χ3n) is 17.5. The van der Waals surface area contributed by atoms with Crippen molar-refractivity contribution < 1.29 is 19.4 Å². The van der Waals surface area contributed by atoms with Crippen molar-refractivity contribution >= 4 is 5.97 Å². The molecule has 12 atom stereocenters. The molecule has 0 radical (unpaired) electrons. The first-order valence-corrected chi connectivity index (χ1v) is 20.7. The Morgan fingerprint density at radius 1 is 1.04 bits per heavy atom. The average Bonchev–Trinajstić information content (AvgIpc) is 3.61. The summed E-state index contributed by atoms with van der Waals surface area (Å²) in [5.74, 6) is 0.820. The van der Waals surface area contributed by atoms with E-state index >= 15 is 0 Å². The highest BCUT2D eigenvalue weighted by Gasteiger charge is 2.72. The quantitative estimate of drug-likeness (QED) is 0.236. The predicted molar refractivity (Wildman–Crippen MR) is 210 cm³/mol. The molecule has 3 saturated carbocycles. The molecule has 4 fully saturated rings. The van der Waals surface area contributed by atoms with Crippen molar-refractivity contribution in [2.45, 2.75) is 125 Å². The van der Waals surface area contributed by atoms with Gasteiger partial charge in [-0.2, -0.15) is 5.10 Å². The molecule has 0 aromatic carbocycles. The van der Waals surface area contributed by atoms with Crippen LogP contribution in [0.15, 0.2) is 48.4 Å². The van der Waals surface area contributed by atoms with Crippen LogP contribution < -0.4 is 5.32 Å². The number of aliphatic carboxylic acids is 1. The maximum absolute atomic E-state index is 13.6. The summed E-state index contributed by atoms with van der Waals surface area (Å²) in [5.41, 5.74) is 2.38. The summed E-state index contributed by atoms with van der Waals surface area (Å²) in [7, 11) is 2.05. The van der Waals surface area contributed by atoms with Crippen LogP contribution in [0.3, 0.4) is 0 Å². The molecule has 0 spiro atoms. The Kier molecular flexibility index (Phi) is 9.71. The Bertz CT molecular complexity index is 1710. The van der Waals surface area contributed by atoms with Gasteiger partial charge in [-0.3, -0.25) is 14.5 Å². The van der Waals surface area contributed by atoms with Crippen LogP contribution in [0.1, 0.15) is 114 Å². The normalized spacial score (nSPS) is 41.2. The van der Waals surface area contributed by atoms with E-state index in [0.29, 0.717) is 49.4 Å². The minimum absolute atomic E-state index is 0.0133. The number of nitrogens with one attached hydrogen (secondary N) is 1. The molecule has 0 unspecified atom stereocenters. The van der Waals surface area contributed by atoms with Gasteiger partial charge in [-0.1, -0.05) is 74.0 Å². The molecule has 2 N–H and O–H groups in total. The molecule has 53 heavy (non-hydrogen) atoms. The Labute approximate surface area is 319 Å². The molecule has 8 heteroatoms. The standard InChI is InChI=1S/C45H68N4O4/c1-28(2)30(5)40(6)19-20-42(8)32-12-13-36-41(7)25-52-27-45(36,33(32)14-18-43(42,9)37(40)39(50)51)24-35(38(41)53-26-44(10,46-11)29(3)4)49-34(17-23-48-49)31-15-21-47-22-16-31/h14-17,21-23,28-30,32,35-38,46H,12-13,18-20,24-27H2,1-11H3,(H,50,51)/t30-,32+,35-,36+,37-,38+,40-,41-,42-,43+,44+,45+/m1/s1. The van der Waals surface area contributed by atoms with Crippen LogP contribution in [0.5, 0.6) is 0 Å². The zero-order valence-corrected chi connectivity index (χ0v) is 34.5. The number of carbonyl (C=O) groups is 1. The third-order valence-corrected chi connectivity index (χ3v) is 17.5. The number of nitrogens with zero attached hydrogens (tertiary/aromatic N) is 3. The Hall–Kier alpha value is -2.55. The van der Waals surface area contributed by atoms with Crippen molar-refractivity contribution in [1.29, 1.82) is 0 Å². The van der Waals surface area contributed by atoms with Gasteiger partial charge in [0.1, 0.15) is 0 Å². The van der Waals surface area contributed by atoms with Crippen LogP contribution >= 0.6 is 0 Å². The average molecular weight is 729 g/mol. The number of carboxylic acids is 1. The number of ether oxygens (including phenoxy) is 2. The molecule has 1 aliphatic heterocycles. The van der Waals surface area contributed by atoms with Gasteiger partial charge in [0.15, 0.2) is 0 Å². The number of allylic oxidation sites excluding steroid dienone is 1. The van der Waals surface area contributed by atoms with E-state index < -0.39 is 11.9 Å². The Morgan fingerprint density at radius 2 is 1.75 bits per heavy atom. The van der Waals surface area contributed by atoms with Crippen LogP contribution in [0, 0.1) is 62.6 Å². The van der Waals surface area contributed by atoms with Gasteiger partial charge < -0.3 is 19.9 Å². The predicted octanol–water partition coefficient (Wildman–Crippen LogP) is 9.09. The smallest absolute Gasteiger partial charge is 0.307 e. The van der Waals surface area contributed by atoms with Gasteiger partial charge in [0, 0.05) is 40.5 Å². The number of hydrogen-bond acceptors (Lipinski definition) is 6. The Balaban J connectivity index is 1.35. The monoisotopic (exact) mass is 729 g/mol. The minimum Gasteiger partial charge on any atom is -0.481 e. The van der Waals surface area contributed by atoms with Crippen molar-refractivity contribution in [3.63, 3.8) is 0 Å². The number of hydrogen-bond donors (Lipinski definition) is 2. The highest BCUT2D eigenvalue weighted by atomic mass is 16.5. The molecular formula is C45H68N4O4. The van der Waals surface area contributed by atoms with E-state index in [4.69, 9.17) is 14.6 Å². The fourth-order valence-corrected chi connectivity index (χ4v) is 13.2. The van der Waals surface area contributed by atoms with Crippen molar-refractivity contribution in [3.05, 3.63) is 48.4 Å². The molecule has 3 heterocycles. The molecule has 7 rings (SSSR count). The van der Waals surface area contributed by atoms with Gasteiger partial charge in [-0.25, -0.2) is 0 Å². The van der Waals surface area contributed by atoms with Gasteiger partial charge in [0.05, 0.1) is 43.6 Å². The zero-order chi connectivity index (χ0) is 38.4. The van der Waals surface area contributed by atoms with E-state index in [2.05, 4.69) is 108 Å². The SMILES string of the molecule is CN[C@@](C)(CO[C@H]1[C@H](n2nccc2-c2ccncc2)C[C@@]23COC[C@]1(C)[C@@H]2CC[C@H]1C3=CC[C@@]2(C)[C@H](C(=O)O)[C@@](C)([C@H](C)C(C)C)CC[C@]12C)C(C)C. The van der Waals surface area contributed by atoms with Gasteiger partial charge in [0.2, 0.25) is 0 Å². The van der Waals surface area contributed by atoms with Crippen LogP contribution in [0.4, 0.5) is 0 Å². The maximum Gasteiger partial charge on any atom is 0.307 e. The summed E-state index contributed by atoms with van der Waals surface area (Å²) in [6.45, 7) is 25.1. The summed E-state index contributed by atoms with van der Waals surface area (Å²) >= 11 is 0. The maximum atomic E-state index is 13.6. The fraction of sp³-hybridized carbons (Fsp3) is 0.756. The first kappa shape index (κ1) is 38.7. The van der Waals surface area contributed by atoms with Crippen LogP contribution in [-0.4, -0.2) is 64.4 Å². The largest absolute Gasteiger partial charge is 0.481 e. The lowest BCUT2D eigenvalue weighted by atomic mass is 9.34. The number of pyridine rings is 1. The molecule has 2 aromatic rings. The zero-order valence-electron chi connectivity index (χ0n) is 34.5. The van der Waals surface area contributed by atoms with Gasteiger partial charge in [0.25, 0.3) is 0 Å². The summed E-state index contributed by atoms with van der Waals surface area (Å²) in [5, 5.41) is 19.9. The number of carboxylic acid groups (broad SMARTS) is 1. The second kappa shape index (κ2) is 13.3. The van der Waals surface area contributed by atoms with E-state index in [-0.39, 0.29) is 44.8 Å². The summed E-state index contributed by atoms with van der Waals surface area (Å²) in [4.78, 5) is 17.9. The molecule has 292 valence electrons. The molecule has 8 nitrogen and oxygen atoms in total. The second-order valence-corrected chi connectivity index (χ2v) is 20.1. The first-order chi connectivity index (χ1) is 24.9. The molecule has 4 aliphatic carbocycles. The number of rotatable bonds is 10. The summed E-state index contributed by atoms with van der Waals surface area (Å²) in [6.07, 6.45) is 14.0. The Morgan fingerprint density at radius 3 is 2.40 bits per heavy atom. The molecule has 2 aromatic heterocycles. The number of aromatic nitrogens is 3. The molecule has 1 saturated heterocycles. The van der Waals surface area contributed by atoms with Gasteiger partial charge >= 0.3 is 5.97 Å². The summed E-state index contributed by atoms with van der Waals surface area (Å²) < 4.78 is 16.4. The highest BCUT2D eigenvalue weighted by Crippen LogP contribution is 2.75. The van der Waals surface area contributed by atoms with Crippen molar-refractivity contribution in [2.24, 2.45) is 62.6 Å². The lowest BCUT2D eigenvalue weighted by Gasteiger charge is -2.71. The van der Waals surface area contributed by atoms with E-state index in [0.717, 1.165) is 49.8 Å². The summed E-state index contributed by atoms with van der Waals surface area (Å²) in [6, 6.07) is 6.28. The minimum atomic E-state index is -0.610. The van der Waals surface area contributed by atoms with Crippen molar-refractivity contribution in [2.75, 3.05) is 26.9 Å². The number of fused-ring (bicyclic) bond motifs is 3. The lowest BCUT2D eigenvalue weighted by Crippen LogP contribution is -2.69. The van der Waals surface area contributed by atoms with Crippen LogP contribution in [0.25, 0.3) is 11.3 Å². The molecule has 0 amide bonds. The second-order valence-electron chi connectivity index (χ2n) is 20.1. The van der Waals surface area contributed by atoms with Gasteiger partial charge in [-0.05, 0) is 117 Å². The van der Waals surface area contributed by atoms with Crippen LogP contribution in [-0.2, 0) is 14.3 Å². The van der Waals surface area contributed by atoms with E-state index in [1.165, 1.54) is 0 Å². The fourth-order valence-electron chi connectivity index (χ4n) is 13.2. The van der Waals surface area contributed by atoms with E-state index in [1.807, 2.05) is 25.6 Å². The molecule has 2 bridgehead atoms. The molecule has 5 aliphatic rings. The highest BCUT2D eigenvalue weighted by molar-refractivity contribution is 5.73. The van der Waals surface area contributed by atoms with Crippen molar-refractivity contribution in [3.8, 4) is 11.3 Å². The topological polar surface area (TPSA) is 98.5 Å². The third kappa shape index (κ3) is 5.49. The van der Waals surface area contributed by atoms with Crippen molar-refractivity contribution in [1.82, 2.24) is 20.1 Å². The number of likely N-dealkylation sites (N-methyl/N-ethyl adjacent to an activating group) is 1. The van der Waals surface area contributed by atoms with E-state index in [9.17, 15) is 9.90 Å². The molecular weight excluding hydrogens is 661 g/mol. The van der Waals surface area contributed by atoms with Gasteiger partial charge in [-0.15, -0.1) is 0 Å². The first-order valence-electron chi connectivity index (χ1n) is 20.7. The van der Waals surface area contributed by atoms with Crippen LogP contribution in [0.2, 0.25) is 0 Å². The van der Waals surface area contributed by atoms with E-state index in [1.54, 1.807) is 5.57 Å².